The van der Waals surface area contributed by atoms with E-state index in [0.717, 1.165) is 15.4 Å². The molecule has 0 aliphatic rings. The zero-order chi connectivity index (χ0) is 13.7. The standard InChI is InChI=1S/C14H16N2O2S/c1-10-8-16-14(19-10)9-15-13(18)7-12(17)11-5-3-2-4-6-11/h2-6,8,12,17H,7,9H2,1H3,(H,15,18). The Morgan fingerprint density at radius 3 is 2.79 bits per heavy atom. The summed E-state index contributed by atoms with van der Waals surface area (Å²) in [6, 6.07) is 9.18. The first-order valence-electron chi connectivity index (χ1n) is 6.06. The zero-order valence-electron chi connectivity index (χ0n) is 10.7. The fraction of sp³-hybridized carbons (Fsp3) is 0.286. The molecule has 0 saturated heterocycles. The van der Waals surface area contributed by atoms with Crippen molar-refractivity contribution < 1.29 is 9.90 Å². The van der Waals surface area contributed by atoms with Crippen LogP contribution in [-0.4, -0.2) is 16.0 Å². The molecule has 1 unspecified atom stereocenters. The van der Waals surface area contributed by atoms with Gasteiger partial charge in [0.2, 0.25) is 5.91 Å². The average Bonchev–Trinajstić information content (AvgIpc) is 2.83. The molecular formula is C14H16N2O2S. The Labute approximate surface area is 116 Å². The van der Waals surface area contributed by atoms with Crippen LogP contribution in [0.5, 0.6) is 0 Å². The van der Waals surface area contributed by atoms with E-state index >= 15 is 0 Å². The van der Waals surface area contributed by atoms with Crippen LogP contribution in [0.1, 0.15) is 28.0 Å². The molecule has 0 saturated carbocycles. The smallest absolute Gasteiger partial charge is 0.223 e. The van der Waals surface area contributed by atoms with Crippen LogP contribution in [0, 0.1) is 6.92 Å². The number of aliphatic hydroxyl groups excluding tert-OH is 1. The Morgan fingerprint density at radius 2 is 2.16 bits per heavy atom. The lowest BCUT2D eigenvalue weighted by molar-refractivity contribution is -0.123. The molecule has 1 atom stereocenters. The van der Waals surface area contributed by atoms with Gasteiger partial charge >= 0.3 is 0 Å². The molecule has 0 bridgehead atoms. The predicted octanol–water partition coefficient (Wildman–Crippen LogP) is 2.19. The number of carbonyl (C=O) groups excluding carboxylic acids is 1. The largest absolute Gasteiger partial charge is 0.388 e. The summed E-state index contributed by atoms with van der Waals surface area (Å²) in [6.07, 6.45) is 1.08. The number of aromatic nitrogens is 1. The van der Waals surface area contributed by atoms with Gasteiger partial charge in [-0.3, -0.25) is 4.79 Å². The fourth-order valence-corrected chi connectivity index (χ4v) is 2.42. The highest BCUT2D eigenvalue weighted by Gasteiger charge is 2.12. The van der Waals surface area contributed by atoms with Gasteiger partial charge in [0.1, 0.15) is 5.01 Å². The molecule has 100 valence electrons. The molecule has 1 aromatic heterocycles. The second-order valence-electron chi connectivity index (χ2n) is 4.27. The number of thiazole rings is 1. The third kappa shape index (κ3) is 4.15. The molecule has 0 radical (unpaired) electrons. The van der Waals surface area contributed by atoms with Crippen LogP contribution in [0.25, 0.3) is 0 Å². The number of benzene rings is 1. The molecule has 2 N–H and O–H groups in total. The molecule has 1 amide bonds. The molecule has 5 heteroatoms. The van der Waals surface area contributed by atoms with Gasteiger partial charge in [0.15, 0.2) is 0 Å². The van der Waals surface area contributed by atoms with Gasteiger partial charge in [-0.05, 0) is 12.5 Å². The van der Waals surface area contributed by atoms with Gasteiger partial charge in [0, 0.05) is 11.1 Å². The molecule has 2 aromatic rings. The van der Waals surface area contributed by atoms with E-state index < -0.39 is 6.10 Å². The highest BCUT2D eigenvalue weighted by atomic mass is 32.1. The van der Waals surface area contributed by atoms with Crippen molar-refractivity contribution in [2.24, 2.45) is 0 Å². The van der Waals surface area contributed by atoms with Crippen LogP contribution in [-0.2, 0) is 11.3 Å². The summed E-state index contributed by atoms with van der Waals surface area (Å²) in [6.45, 7) is 2.39. The topological polar surface area (TPSA) is 62.2 Å². The molecular weight excluding hydrogens is 260 g/mol. The van der Waals surface area contributed by atoms with Gasteiger partial charge in [-0.2, -0.15) is 0 Å². The van der Waals surface area contributed by atoms with Crippen LogP contribution >= 0.6 is 11.3 Å². The van der Waals surface area contributed by atoms with E-state index in [1.165, 1.54) is 0 Å². The summed E-state index contributed by atoms with van der Waals surface area (Å²) < 4.78 is 0. The Kier molecular flexibility index (Phi) is 4.65. The summed E-state index contributed by atoms with van der Waals surface area (Å²) in [7, 11) is 0. The summed E-state index contributed by atoms with van der Waals surface area (Å²) in [5.41, 5.74) is 0.753. The minimum atomic E-state index is -0.765. The van der Waals surface area contributed by atoms with Gasteiger partial charge in [0.25, 0.3) is 0 Å². The van der Waals surface area contributed by atoms with E-state index in [9.17, 15) is 9.90 Å². The number of hydrogen-bond donors (Lipinski definition) is 2. The first-order chi connectivity index (χ1) is 9.15. The fourth-order valence-electron chi connectivity index (χ4n) is 1.70. The summed E-state index contributed by atoms with van der Waals surface area (Å²) in [4.78, 5) is 17.0. The quantitative estimate of drug-likeness (QED) is 0.880. The molecule has 1 aromatic carbocycles. The summed E-state index contributed by atoms with van der Waals surface area (Å²) in [5.74, 6) is -0.177. The number of nitrogens with one attached hydrogen (secondary N) is 1. The minimum Gasteiger partial charge on any atom is -0.388 e. The molecule has 0 aliphatic heterocycles. The summed E-state index contributed by atoms with van der Waals surface area (Å²) in [5, 5.41) is 13.6. The Balaban J connectivity index is 1.81. The molecule has 2 rings (SSSR count). The normalized spacial score (nSPS) is 12.1. The van der Waals surface area contributed by atoms with Crippen LogP contribution in [0.3, 0.4) is 0 Å². The number of amides is 1. The molecule has 0 fully saturated rings. The second-order valence-corrected chi connectivity index (χ2v) is 5.59. The van der Waals surface area contributed by atoms with Gasteiger partial charge in [-0.15, -0.1) is 11.3 Å². The van der Waals surface area contributed by atoms with E-state index in [0.29, 0.717) is 6.54 Å². The Morgan fingerprint density at radius 1 is 1.42 bits per heavy atom. The number of nitrogens with zero attached hydrogens (tertiary/aromatic N) is 1. The van der Waals surface area contributed by atoms with Crippen LogP contribution in [0.15, 0.2) is 36.5 Å². The van der Waals surface area contributed by atoms with Crippen LogP contribution in [0.2, 0.25) is 0 Å². The van der Waals surface area contributed by atoms with E-state index in [1.807, 2.05) is 37.3 Å². The van der Waals surface area contributed by atoms with E-state index in [4.69, 9.17) is 0 Å². The van der Waals surface area contributed by atoms with Crippen molar-refractivity contribution in [2.75, 3.05) is 0 Å². The van der Waals surface area contributed by atoms with Gasteiger partial charge in [0.05, 0.1) is 19.1 Å². The lowest BCUT2D eigenvalue weighted by Crippen LogP contribution is -2.24. The SMILES string of the molecule is Cc1cnc(CNC(=O)CC(O)c2ccccc2)s1. The zero-order valence-corrected chi connectivity index (χ0v) is 11.5. The van der Waals surface area contributed by atoms with Crippen molar-refractivity contribution >= 4 is 17.2 Å². The monoisotopic (exact) mass is 276 g/mol. The highest BCUT2D eigenvalue weighted by molar-refractivity contribution is 7.11. The minimum absolute atomic E-state index is 0.0639. The van der Waals surface area contributed by atoms with E-state index in [-0.39, 0.29) is 12.3 Å². The maximum Gasteiger partial charge on any atom is 0.223 e. The molecule has 0 spiro atoms. The van der Waals surface area contributed by atoms with Gasteiger partial charge in [-0.1, -0.05) is 30.3 Å². The lowest BCUT2D eigenvalue weighted by atomic mass is 10.1. The molecule has 0 aliphatic carbocycles. The Bertz CT molecular complexity index is 539. The Hall–Kier alpha value is -1.72. The van der Waals surface area contributed by atoms with Crippen LogP contribution < -0.4 is 5.32 Å². The van der Waals surface area contributed by atoms with Gasteiger partial charge in [-0.25, -0.2) is 4.98 Å². The first kappa shape index (κ1) is 13.7. The summed E-state index contributed by atoms with van der Waals surface area (Å²) >= 11 is 1.56. The van der Waals surface area contributed by atoms with Crippen molar-refractivity contribution in [3.8, 4) is 0 Å². The number of aryl methyl sites for hydroxylation is 1. The van der Waals surface area contributed by atoms with E-state index in [1.54, 1.807) is 17.5 Å². The van der Waals surface area contributed by atoms with Crippen LogP contribution in [0.4, 0.5) is 0 Å². The van der Waals surface area contributed by atoms with Crippen molar-refractivity contribution in [1.82, 2.24) is 10.3 Å². The second kappa shape index (κ2) is 6.45. The maximum atomic E-state index is 11.7. The molecule has 1 heterocycles. The number of aliphatic hydroxyl groups is 1. The maximum absolute atomic E-state index is 11.7. The van der Waals surface area contributed by atoms with Crippen molar-refractivity contribution in [3.05, 3.63) is 52.0 Å². The molecule has 19 heavy (non-hydrogen) atoms. The van der Waals surface area contributed by atoms with Crippen molar-refractivity contribution in [2.45, 2.75) is 26.0 Å². The average molecular weight is 276 g/mol. The van der Waals surface area contributed by atoms with Crippen molar-refractivity contribution in [1.29, 1.82) is 0 Å². The van der Waals surface area contributed by atoms with Gasteiger partial charge < -0.3 is 10.4 Å². The first-order valence-corrected chi connectivity index (χ1v) is 6.88. The number of hydrogen-bond acceptors (Lipinski definition) is 4. The van der Waals surface area contributed by atoms with Crippen molar-refractivity contribution in [3.63, 3.8) is 0 Å². The number of rotatable bonds is 5. The predicted molar refractivity (Wildman–Crippen MR) is 74.7 cm³/mol. The molecule has 4 nitrogen and oxygen atoms in total. The third-order valence-electron chi connectivity index (χ3n) is 2.67. The lowest BCUT2D eigenvalue weighted by Gasteiger charge is -2.10. The van der Waals surface area contributed by atoms with E-state index in [2.05, 4.69) is 10.3 Å². The third-order valence-corrected chi connectivity index (χ3v) is 3.58. The highest BCUT2D eigenvalue weighted by Crippen LogP contribution is 2.16. The number of carbonyl (C=O) groups is 1.